The molecule has 14 rings (SSSR count). The third-order valence-corrected chi connectivity index (χ3v) is 16.2. The molecule has 356 valence electrons. The predicted molar refractivity (Wildman–Crippen MR) is 310 cm³/mol. The van der Waals surface area contributed by atoms with Crippen LogP contribution in [0.25, 0.3) is 21.5 Å². The lowest BCUT2D eigenvalue weighted by atomic mass is 9.82. The number of hydrogen-bond acceptors (Lipinski definition) is 4. The van der Waals surface area contributed by atoms with Gasteiger partial charge in [-0.25, -0.2) is 0 Å². The summed E-state index contributed by atoms with van der Waals surface area (Å²) in [6.07, 6.45) is 50.2. The van der Waals surface area contributed by atoms with E-state index in [0.29, 0.717) is 5.92 Å². The summed E-state index contributed by atoms with van der Waals surface area (Å²) in [6, 6.07) is 60.2. The molecular weight excluding hydrogens is 897 g/mol. The molecule has 0 saturated heterocycles. The first-order valence-corrected chi connectivity index (χ1v) is 26.3. The van der Waals surface area contributed by atoms with E-state index in [1.165, 1.54) is 55.7 Å². The molecule has 2 fully saturated rings. The van der Waals surface area contributed by atoms with Gasteiger partial charge in [-0.3, -0.25) is 0 Å². The molecule has 0 heterocycles. The van der Waals surface area contributed by atoms with Gasteiger partial charge < -0.3 is 19.6 Å². The molecule has 0 spiro atoms. The lowest BCUT2D eigenvalue weighted by molar-refractivity contribution is 0.521. The second-order valence-electron chi connectivity index (χ2n) is 20.7. The van der Waals surface area contributed by atoms with Gasteiger partial charge in [0, 0.05) is 85.8 Å². The first-order chi connectivity index (χ1) is 36.6. The van der Waals surface area contributed by atoms with Crippen molar-refractivity contribution >= 4 is 61.4 Å². The van der Waals surface area contributed by atoms with Crippen molar-refractivity contribution in [2.75, 3.05) is 14.7 Å². The molecule has 7 aromatic rings. The van der Waals surface area contributed by atoms with Gasteiger partial charge in [0.25, 0.3) is 0 Å². The summed E-state index contributed by atoms with van der Waals surface area (Å²) in [5.74, 6) is 0.503. The van der Waals surface area contributed by atoms with Crippen LogP contribution >= 0.6 is 0 Å². The second kappa shape index (κ2) is 17.7. The van der Waals surface area contributed by atoms with E-state index < -0.39 is 0 Å². The standard InChI is InChI=1S/C70H56N4/c1-2-9-22-59(21-8-1)72(60-23-10-3-4-11-24-60)66-39-42-69-50-67(40-43-68(69,49-66)51-69)73(63-36-32-52-44-62(35-31-53(52)45-63)71(57-25-12-5-13-26-57)58-27-14-6-15-28-58)64-37-33-55-47-65(38-34-54(55)46-64)74(61-29-16-7-17-30-61)70-41-19-18-20-56(70)48-70/h1-3,5-21,23-47,49-50,56H,4,22,48,51H2. The van der Waals surface area contributed by atoms with Crippen LogP contribution in [0.15, 0.2) is 308 Å². The van der Waals surface area contributed by atoms with Crippen LogP contribution in [0.3, 0.4) is 0 Å². The molecule has 0 aliphatic heterocycles. The number of anilines is 7. The molecule has 7 aromatic carbocycles. The fraction of sp³-hybridized carbons (Fsp3) is 0.114. The Kier molecular flexibility index (Phi) is 10.5. The maximum Gasteiger partial charge on any atom is 0.0706 e. The maximum atomic E-state index is 2.56. The first-order valence-electron chi connectivity index (χ1n) is 26.3. The van der Waals surface area contributed by atoms with Crippen molar-refractivity contribution in [3.8, 4) is 0 Å². The number of nitrogens with zero attached hydrogens (tertiary/aromatic N) is 4. The van der Waals surface area contributed by atoms with Crippen molar-refractivity contribution in [1.29, 1.82) is 0 Å². The van der Waals surface area contributed by atoms with E-state index in [4.69, 9.17) is 0 Å². The normalized spacial score (nSPS) is 23.4. The van der Waals surface area contributed by atoms with Crippen molar-refractivity contribution in [3.05, 3.63) is 308 Å². The van der Waals surface area contributed by atoms with Crippen molar-refractivity contribution in [3.63, 3.8) is 0 Å². The van der Waals surface area contributed by atoms with Gasteiger partial charge in [-0.05, 0) is 168 Å². The van der Waals surface area contributed by atoms with Gasteiger partial charge in [0.05, 0.1) is 5.54 Å². The van der Waals surface area contributed by atoms with E-state index in [2.05, 4.69) is 305 Å². The van der Waals surface area contributed by atoms with Crippen LogP contribution in [-0.4, -0.2) is 10.4 Å². The first kappa shape index (κ1) is 43.9. The maximum absolute atomic E-state index is 2.56. The third-order valence-electron chi connectivity index (χ3n) is 16.2. The Bertz CT molecular complexity index is 3730. The lowest BCUT2D eigenvalue weighted by Crippen LogP contribution is -2.34. The molecule has 4 unspecified atom stereocenters. The Morgan fingerprint density at radius 2 is 0.959 bits per heavy atom. The Balaban J connectivity index is 0.856. The van der Waals surface area contributed by atoms with E-state index in [0.717, 1.165) is 54.1 Å². The fourth-order valence-corrected chi connectivity index (χ4v) is 12.4. The van der Waals surface area contributed by atoms with Crippen LogP contribution in [0.5, 0.6) is 0 Å². The highest BCUT2D eigenvalue weighted by Gasteiger charge is 2.64. The van der Waals surface area contributed by atoms with E-state index >= 15 is 0 Å². The lowest BCUT2D eigenvalue weighted by Gasteiger charge is -2.35. The van der Waals surface area contributed by atoms with Crippen LogP contribution in [-0.2, 0) is 0 Å². The molecule has 4 nitrogen and oxygen atoms in total. The van der Waals surface area contributed by atoms with Gasteiger partial charge in [0.2, 0.25) is 0 Å². The zero-order valence-corrected chi connectivity index (χ0v) is 41.3. The number of fused-ring (bicyclic) bond motifs is 3. The molecule has 0 amide bonds. The topological polar surface area (TPSA) is 13.0 Å². The highest BCUT2D eigenvalue weighted by molar-refractivity contribution is 5.95. The minimum atomic E-state index is -0.130. The summed E-state index contributed by atoms with van der Waals surface area (Å²) < 4.78 is 0. The summed E-state index contributed by atoms with van der Waals surface area (Å²) in [5, 5.41) is 4.80. The average molecular weight is 953 g/mol. The number of benzene rings is 7. The predicted octanol–water partition coefficient (Wildman–Crippen LogP) is 18.0. The van der Waals surface area contributed by atoms with E-state index in [9.17, 15) is 0 Å². The molecule has 0 bridgehead atoms. The zero-order valence-electron chi connectivity index (χ0n) is 41.3. The van der Waals surface area contributed by atoms with E-state index in [-0.39, 0.29) is 16.4 Å². The Hall–Kier alpha value is -8.86. The number of hydrogen-bond donors (Lipinski definition) is 0. The van der Waals surface area contributed by atoms with Gasteiger partial charge in [-0.1, -0.05) is 158 Å². The van der Waals surface area contributed by atoms with E-state index in [1.54, 1.807) is 0 Å². The third kappa shape index (κ3) is 7.60. The second-order valence-corrected chi connectivity index (χ2v) is 20.7. The van der Waals surface area contributed by atoms with Gasteiger partial charge in [0.15, 0.2) is 0 Å². The highest BCUT2D eigenvalue weighted by atomic mass is 15.3. The summed E-state index contributed by atoms with van der Waals surface area (Å²) >= 11 is 0. The molecule has 0 aromatic heterocycles. The Morgan fingerprint density at radius 3 is 1.58 bits per heavy atom. The summed E-state index contributed by atoms with van der Waals surface area (Å²) in [5.41, 5.74) is 12.6. The van der Waals surface area contributed by atoms with E-state index in [1.807, 2.05) is 0 Å². The Labute approximate surface area is 434 Å². The number of para-hydroxylation sites is 3. The molecule has 0 radical (unpaired) electrons. The highest BCUT2D eigenvalue weighted by Crippen LogP contribution is 2.72. The zero-order chi connectivity index (χ0) is 49.1. The number of rotatable bonds is 12. The minimum Gasteiger partial charge on any atom is -0.331 e. The quantitative estimate of drug-likeness (QED) is 0.121. The Morgan fingerprint density at radius 1 is 0.392 bits per heavy atom. The monoisotopic (exact) mass is 952 g/mol. The fourth-order valence-electron chi connectivity index (χ4n) is 12.4. The van der Waals surface area contributed by atoms with Gasteiger partial charge in [-0.2, -0.15) is 0 Å². The van der Waals surface area contributed by atoms with Crippen LogP contribution in [0.1, 0.15) is 25.7 Å². The molecular formula is C70H56N4. The van der Waals surface area contributed by atoms with Crippen molar-refractivity contribution in [1.82, 2.24) is 4.90 Å². The SMILES string of the molecule is C1=CC=C(N(C2=CC=CCC=C2)C2=CC34C=CC(N(c5ccc6cc(N(c7ccccc7)c7ccccc7)ccc6c5)c5ccc6cc(N(c7ccccc7)C78C=CC=CC7C8)ccc6c5)=CC3(C=C2)C4)CC=C1. The van der Waals surface area contributed by atoms with Gasteiger partial charge in [-0.15, -0.1) is 0 Å². The van der Waals surface area contributed by atoms with Crippen molar-refractivity contribution < 1.29 is 0 Å². The van der Waals surface area contributed by atoms with Crippen LogP contribution < -0.4 is 14.7 Å². The molecule has 4 atom stereocenters. The molecule has 7 aliphatic rings. The van der Waals surface area contributed by atoms with Gasteiger partial charge in [0.1, 0.15) is 0 Å². The average Bonchev–Trinajstić information content (AvgIpc) is 4.37. The molecule has 2 saturated carbocycles. The molecule has 7 aliphatic carbocycles. The summed E-state index contributed by atoms with van der Waals surface area (Å²) in [7, 11) is 0. The largest absolute Gasteiger partial charge is 0.331 e. The van der Waals surface area contributed by atoms with Crippen molar-refractivity contribution in [2.24, 2.45) is 16.7 Å². The van der Waals surface area contributed by atoms with Crippen LogP contribution in [0.4, 0.5) is 39.8 Å². The van der Waals surface area contributed by atoms with Crippen LogP contribution in [0, 0.1) is 16.7 Å². The minimum absolute atomic E-state index is 0.0417. The molecule has 4 heteroatoms. The molecule has 74 heavy (non-hydrogen) atoms. The summed E-state index contributed by atoms with van der Waals surface area (Å²) in [4.78, 5) is 9.85. The molecule has 0 N–H and O–H groups in total. The number of allylic oxidation sites excluding steroid dienone is 18. The van der Waals surface area contributed by atoms with Crippen LogP contribution in [0.2, 0.25) is 0 Å². The van der Waals surface area contributed by atoms with Crippen molar-refractivity contribution in [2.45, 2.75) is 31.2 Å². The summed E-state index contributed by atoms with van der Waals surface area (Å²) in [6.45, 7) is 0. The van der Waals surface area contributed by atoms with Gasteiger partial charge >= 0.3 is 0 Å². The smallest absolute Gasteiger partial charge is 0.0706 e.